The summed E-state index contributed by atoms with van der Waals surface area (Å²) in [7, 11) is -5.02. The van der Waals surface area contributed by atoms with E-state index in [1.54, 1.807) is 0 Å². The molecule has 1 N–H and O–H groups in total. The molecule has 0 aliphatic rings. The zero-order valence-corrected chi connectivity index (χ0v) is 11.0. The van der Waals surface area contributed by atoms with Gasteiger partial charge >= 0.3 is 16.1 Å². The van der Waals surface area contributed by atoms with Crippen LogP contribution in [0.2, 0.25) is 0 Å². The van der Waals surface area contributed by atoms with Crippen LogP contribution in [0.1, 0.15) is 10.6 Å². The van der Waals surface area contributed by atoms with Crippen LogP contribution in [-0.4, -0.2) is 19.2 Å². The average Bonchev–Trinajstić information content (AvgIpc) is 2.88. The number of halogens is 1. The largest absolute Gasteiger partial charge is 0.433 e. The van der Waals surface area contributed by atoms with Gasteiger partial charge in [0.25, 0.3) is 5.91 Å². The minimum Gasteiger partial charge on any atom is -0.395 e. The van der Waals surface area contributed by atoms with Gasteiger partial charge in [-0.05, 0) is 18.2 Å². The quantitative estimate of drug-likeness (QED) is 0.524. The van der Waals surface area contributed by atoms with Crippen LogP contribution in [-0.2, 0) is 10.2 Å². The third-order valence-electron chi connectivity index (χ3n) is 2.39. The number of anilines is 1. The van der Waals surface area contributed by atoms with Crippen LogP contribution in [0.3, 0.4) is 0 Å². The Hall–Kier alpha value is -2.75. The summed E-state index contributed by atoms with van der Waals surface area (Å²) in [5.74, 6) is -2.00. The van der Waals surface area contributed by atoms with Crippen molar-refractivity contribution in [3.05, 3.63) is 52.3 Å². The zero-order valence-electron chi connectivity index (χ0n) is 10.1. The molecule has 0 atom stereocenters. The minimum atomic E-state index is -5.02. The Morgan fingerprint density at radius 3 is 2.48 bits per heavy atom. The van der Waals surface area contributed by atoms with Gasteiger partial charge in [0, 0.05) is 0 Å². The summed E-state index contributed by atoms with van der Waals surface area (Å²) in [6.45, 7) is 0. The first-order chi connectivity index (χ1) is 9.79. The summed E-state index contributed by atoms with van der Waals surface area (Å²) in [5, 5.41) is 12.5. The van der Waals surface area contributed by atoms with Gasteiger partial charge in [0.2, 0.25) is 0 Å². The molecule has 0 aliphatic heterocycles. The molecule has 2 aromatic rings. The van der Waals surface area contributed by atoms with Crippen LogP contribution in [0.15, 0.2) is 45.7 Å². The molecule has 0 bridgehead atoms. The lowest BCUT2D eigenvalue weighted by Gasteiger charge is -2.06. The molecule has 110 valence electrons. The van der Waals surface area contributed by atoms with Crippen molar-refractivity contribution < 1.29 is 26.4 Å². The standard InChI is InChI=1S/C11H7FN2O6S/c12-21(18,19)9-4-2-1-3-7(9)13-11(15)8-5-6-10(20-8)14(16)17/h1-6H,(H,13,15). The summed E-state index contributed by atoms with van der Waals surface area (Å²) in [4.78, 5) is 20.7. The third kappa shape index (κ3) is 3.23. The SMILES string of the molecule is O=C(Nc1ccccc1S(=O)(=O)F)c1ccc([N+](=O)[O-])o1. The maximum Gasteiger partial charge on any atom is 0.433 e. The number of nitrogens with one attached hydrogen (secondary N) is 1. The molecule has 0 radical (unpaired) electrons. The first-order valence-corrected chi connectivity index (χ1v) is 6.76. The predicted octanol–water partition coefficient (Wildman–Crippen LogP) is 2.10. The number of hydrogen-bond acceptors (Lipinski definition) is 6. The number of hydrogen-bond donors (Lipinski definition) is 1. The van der Waals surface area contributed by atoms with Gasteiger partial charge in [-0.3, -0.25) is 14.9 Å². The maximum absolute atomic E-state index is 13.1. The van der Waals surface area contributed by atoms with E-state index in [-0.39, 0.29) is 5.69 Å². The number of nitro groups is 1. The van der Waals surface area contributed by atoms with E-state index in [1.165, 1.54) is 18.2 Å². The van der Waals surface area contributed by atoms with Crippen LogP contribution in [0.4, 0.5) is 15.5 Å². The number of nitrogens with zero attached hydrogens (tertiary/aromatic N) is 1. The molecule has 8 nitrogen and oxygen atoms in total. The molecule has 10 heteroatoms. The third-order valence-corrected chi connectivity index (χ3v) is 3.27. The first-order valence-electron chi connectivity index (χ1n) is 5.38. The van der Waals surface area contributed by atoms with Gasteiger partial charge in [0.1, 0.15) is 9.82 Å². The molecule has 0 saturated carbocycles. The molecule has 1 aromatic heterocycles. The molecule has 1 aromatic carbocycles. The topological polar surface area (TPSA) is 120 Å². The van der Waals surface area contributed by atoms with Gasteiger partial charge in [-0.25, -0.2) is 0 Å². The molecule has 0 unspecified atom stereocenters. The molecular formula is C11H7FN2O6S. The molecule has 2 rings (SSSR count). The number of benzene rings is 1. The molecule has 0 fully saturated rings. The van der Waals surface area contributed by atoms with Crippen LogP contribution in [0.5, 0.6) is 0 Å². The lowest BCUT2D eigenvalue weighted by molar-refractivity contribution is -0.402. The second-order valence-electron chi connectivity index (χ2n) is 3.78. The minimum absolute atomic E-state index is 0.302. The average molecular weight is 314 g/mol. The second kappa shape index (κ2) is 5.32. The first kappa shape index (κ1) is 14.7. The van der Waals surface area contributed by atoms with Crippen molar-refractivity contribution in [3.63, 3.8) is 0 Å². The van der Waals surface area contributed by atoms with Crippen molar-refractivity contribution in [2.24, 2.45) is 0 Å². The number of amides is 1. The lowest BCUT2D eigenvalue weighted by atomic mass is 10.3. The van der Waals surface area contributed by atoms with Crippen molar-refractivity contribution in [3.8, 4) is 0 Å². The highest BCUT2D eigenvalue weighted by Crippen LogP contribution is 2.24. The fourth-order valence-corrected chi connectivity index (χ4v) is 2.14. The van der Waals surface area contributed by atoms with E-state index >= 15 is 0 Å². The van der Waals surface area contributed by atoms with Crippen LogP contribution in [0, 0.1) is 10.1 Å². The summed E-state index contributed by atoms with van der Waals surface area (Å²) >= 11 is 0. The van der Waals surface area contributed by atoms with Crippen molar-refractivity contribution in [1.29, 1.82) is 0 Å². The Morgan fingerprint density at radius 2 is 1.90 bits per heavy atom. The van der Waals surface area contributed by atoms with Gasteiger partial charge in [0.05, 0.1) is 11.8 Å². The second-order valence-corrected chi connectivity index (χ2v) is 5.10. The zero-order chi connectivity index (χ0) is 15.6. The Morgan fingerprint density at radius 1 is 1.24 bits per heavy atom. The van der Waals surface area contributed by atoms with Crippen LogP contribution < -0.4 is 5.32 Å². The van der Waals surface area contributed by atoms with E-state index in [4.69, 9.17) is 0 Å². The van der Waals surface area contributed by atoms with E-state index in [0.717, 1.165) is 18.2 Å². The van der Waals surface area contributed by atoms with E-state index in [9.17, 15) is 27.2 Å². The highest BCUT2D eigenvalue weighted by molar-refractivity contribution is 7.86. The Bertz CT molecular complexity index is 814. The molecule has 21 heavy (non-hydrogen) atoms. The molecule has 0 spiro atoms. The molecular weight excluding hydrogens is 307 g/mol. The van der Waals surface area contributed by atoms with E-state index < -0.39 is 37.6 Å². The summed E-state index contributed by atoms with van der Waals surface area (Å²) in [6, 6.07) is 6.80. The Balaban J connectivity index is 2.30. The summed E-state index contributed by atoms with van der Waals surface area (Å²) in [6.07, 6.45) is 0. The fraction of sp³-hybridized carbons (Fsp3) is 0. The van der Waals surface area contributed by atoms with Crippen molar-refractivity contribution in [2.45, 2.75) is 4.90 Å². The van der Waals surface area contributed by atoms with Gasteiger partial charge in [-0.1, -0.05) is 12.1 Å². The van der Waals surface area contributed by atoms with Crippen molar-refractivity contribution in [2.75, 3.05) is 5.32 Å². The maximum atomic E-state index is 13.1. The number of para-hydroxylation sites is 1. The van der Waals surface area contributed by atoms with E-state index in [0.29, 0.717) is 0 Å². The number of carbonyl (C=O) groups is 1. The molecule has 0 saturated heterocycles. The Kier molecular flexibility index (Phi) is 3.72. The van der Waals surface area contributed by atoms with E-state index in [1.807, 2.05) is 0 Å². The summed E-state index contributed by atoms with van der Waals surface area (Å²) in [5.41, 5.74) is -0.302. The normalized spacial score (nSPS) is 11.1. The van der Waals surface area contributed by atoms with Crippen molar-refractivity contribution >= 4 is 27.7 Å². The van der Waals surface area contributed by atoms with Gasteiger partial charge < -0.3 is 9.73 Å². The van der Waals surface area contributed by atoms with Gasteiger partial charge in [-0.15, -0.1) is 3.89 Å². The van der Waals surface area contributed by atoms with Crippen molar-refractivity contribution in [1.82, 2.24) is 0 Å². The highest BCUT2D eigenvalue weighted by atomic mass is 32.3. The van der Waals surface area contributed by atoms with E-state index in [2.05, 4.69) is 9.73 Å². The molecule has 1 heterocycles. The molecule has 1 amide bonds. The fourth-order valence-electron chi connectivity index (χ4n) is 1.51. The summed E-state index contributed by atoms with van der Waals surface area (Å²) < 4.78 is 39.6. The lowest BCUT2D eigenvalue weighted by Crippen LogP contribution is -2.13. The number of carbonyl (C=O) groups excluding carboxylic acids is 1. The smallest absolute Gasteiger partial charge is 0.395 e. The van der Waals surface area contributed by atoms with Crippen LogP contribution >= 0.6 is 0 Å². The van der Waals surface area contributed by atoms with Gasteiger partial charge in [-0.2, -0.15) is 8.42 Å². The highest BCUT2D eigenvalue weighted by Gasteiger charge is 2.21. The van der Waals surface area contributed by atoms with Gasteiger partial charge in [0.15, 0.2) is 5.76 Å². The number of rotatable bonds is 4. The monoisotopic (exact) mass is 314 g/mol. The Labute approximate surface area is 117 Å². The van der Waals surface area contributed by atoms with Crippen LogP contribution in [0.25, 0.3) is 0 Å². The predicted molar refractivity (Wildman–Crippen MR) is 68.1 cm³/mol. The molecule has 0 aliphatic carbocycles. The number of furan rings is 1.